The summed E-state index contributed by atoms with van der Waals surface area (Å²) in [4.78, 5) is 10.7. The molecule has 0 bridgehead atoms. The molecule has 2 N–H and O–H groups in total. The summed E-state index contributed by atoms with van der Waals surface area (Å²) in [6, 6.07) is 7.63. The Labute approximate surface area is 84.9 Å². The molecule has 0 saturated carbocycles. The van der Waals surface area contributed by atoms with Crippen LogP contribution in [0.1, 0.15) is 5.56 Å². The minimum Gasteiger partial charge on any atom is -0.387 e. The molecule has 0 unspecified atom stereocenters. The maximum absolute atomic E-state index is 10.7. The van der Waals surface area contributed by atoms with Gasteiger partial charge in [-0.25, -0.2) is 0 Å². The van der Waals surface area contributed by atoms with E-state index in [4.69, 9.17) is 5.11 Å². The summed E-state index contributed by atoms with van der Waals surface area (Å²) in [7, 11) is 0. The first-order valence-corrected chi connectivity index (χ1v) is 4.63. The third-order valence-electron chi connectivity index (χ3n) is 1.52. The molecule has 1 aromatic carbocycles. The molecule has 4 heteroatoms. The number of nitrogens with one attached hydrogen (secondary N) is 1. The number of rotatable bonds is 3. The van der Waals surface area contributed by atoms with Gasteiger partial charge in [-0.05, 0) is 17.7 Å². The van der Waals surface area contributed by atoms with Crippen molar-refractivity contribution in [2.75, 3.05) is 6.61 Å². The number of hydrogen-bond donors (Lipinski definition) is 2. The van der Waals surface area contributed by atoms with E-state index in [0.29, 0.717) is 6.54 Å². The third-order valence-corrected chi connectivity index (χ3v) is 2.02. The summed E-state index contributed by atoms with van der Waals surface area (Å²) < 4.78 is 0.975. The highest BCUT2D eigenvalue weighted by molar-refractivity contribution is 9.10. The SMILES string of the molecule is O=C(CO)NCc1cccc(Br)c1. The molecule has 1 rings (SSSR count). The van der Waals surface area contributed by atoms with E-state index in [1.165, 1.54) is 0 Å². The molecule has 0 heterocycles. The summed E-state index contributed by atoms with van der Waals surface area (Å²) >= 11 is 3.32. The van der Waals surface area contributed by atoms with Crippen molar-refractivity contribution >= 4 is 21.8 Å². The second-order valence-corrected chi connectivity index (χ2v) is 3.48. The molecule has 0 spiro atoms. The fourth-order valence-corrected chi connectivity index (χ4v) is 1.35. The molecule has 0 fully saturated rings. The Hall–Kier alpha value is -0.870. The van der Waals surface area contributed by atoms with Gasteiger partial charge in [-0.15, -0.1) is 0 Å². The molecule has 1 amide bonds. The Morgan fingerprint density at radius 1 is 1.54 bits per heavy atom. The van der Waals surface area contributed by atoms with Crippen LogP contribution in [0.15, 0.2) is 28.7 Å². The van der Waals surface area contributed by atoms with E-state index >= 15 is 0 Å². The van der Waals surface area contributed by atoms with E-state index in [0.717, 1.165) is 10.0 Å². The van der Waals surface area contributed by atoms with Crippen molar-refractivity contribution in [1.82, 2.24) is 5.32 Å². The Morgan fingerprint density at radius 2 is 2.31 bits per heavy atom. The van der Waals surface area contributed by atoms with Gasteiger partial charge in [0.05, 0.1) is 0 Å². The molecule has 0 atom stereocenters. The topological polar surface area (TPSA) is 49.3 Å². The van der Waals surface area contributed by atoms with Crippen molar-refractivity contribution in [3.05, 3.63) is 34.3 Å². The summed E-state index contributed by atoms with van der Waals surface area (Å²) in [5.41, 5.74) is 0.996. The summed E-state index contributed by atoms with van der Waals surface area (Å²) in [6.45, 7) is -0.0210. The lowest BCUT2D eigenvalue weighted by molar-refractivity contribution is -0.123. The van der Waals surface area contributed by atoms with E-state index in [-0.39, 0.29) is 5.91 Å². The van der Waals surface area contributed by atoms with Crippen molar-refractivity contribution in [3.8, 4) is 0 Å². The van der Waals surface area contributed by atoms with Crippen molar-refractivity contribution in [2.24, 2.45) is 0 Å². The summed E-state index contributed by atoms with van der Waals surface area (Å²) in [6.07, 6.45) is 0. The Morgan fingerprint density at radius 3 is 2.92 bits per heavy atom. The minimum absolute atomic E-state index is 0.361. The normalized spacial score (nSPS) is 9.69. The van der Waals surface area contributed by atoms with E-state index in [1.807, 2.05) is 24.3 Å². The molecule has 0 aromatic heterocycles. The molecule has 0 aliphatic heterocycles. The van der Waals surface area contributed by atoms with Gasteiger partial charge in [0.1, 0.15) is 6.61 Å². The highest BCUT2D eigenvalue weighted by atomic mass is 79.9. The predicted octanol–water partition coefficient (Wildman–Crippen LogP) is 1.06. The number of carbonyl (C=O) groups excluding carboxylic acids is 1. The molecule has 3 nitrogen and oxygen atoms in total. The molecular formula is C9H10BrNO2. The van der Waals surface area contributed by atoms with E-state index in [1.54, 1.807) is 0 Å². The first-order valence-electron chi connectivity index (χ1n) is 3.84. The number of carbonyl (C=O) groups is 1. The molecule has 0 aliphatic rings. The van der Waals surface area contributed by atoms with E-state index < -0.39 is 6.61 Å². The monoisotopic (exact) mass is 243 g/mol. The van der Waals surface area contributed by atoms with Crippen molar-refractivity contribution in [3.63, 3.8) is 0 Å². The number of amides is 1. The summed E-state index contributed by atoms with van der Waals surface area (Å²) in [5, 5.41) is 11.0. The van der Waals surface area contributed by atoms with Gasteiger partial charge in [0.25, 0.3) is 0 Å². The maximum atomic E-state index is 10.7. The number of benzene rings is 1. The van der Waals surface area contributed by atoms with Crippen LogP contribution < -0.4 is 5.32 Å². The van der Waals surface area contributed by atoms with Gasteiger partial charge in [-0.3, -0.25) is 4.79 Å². The van der Waals surface area contributed by atoms with Gasteiger partial charge in [0.15, 0.2) is 0 Å². The first kappa shape index (κ1) is 10.2. The first-order chi connectivity index (χ1) is 6.22. The molecule has 0 saturated heterocycles. The Kier molecular flexibility index (Phi) is 3.92. The lowest BCUT2D eigenvalue weighted by atomic mass is 10.2. The zero-order valence-electron chi connectivity index (χ0n) is 6.96. The van der Waals surface area contributed by atoms with Gasteiger partial charge in [0, 0.05) is 11.0 Å². The fraction of sp³-hybridized carbons (Fsp3) is 0.222. The average molecular weight is 244 g/mol. The smallest absolute Gasteiger partial charge is 0.245 e. The largest absolute Gasteiger partial charge is 0.387 e. The van der Waals surface area contributed by atoms with Crippen LogP contribution in [0.25, 0.3) is 0 Å². The summed E-state index contributed by atoms with van der Waals surface area (Å²) in [5.74, 6) is -0.361. The quantitative estimate of drug-likeness (QED) is 0.835. The lowest BCUT2D eigenvalue weighted by Gasteiger charge is -2.03. The average Bonchev–Trinajstić information content (AvgIpc) is 2.14. The molecule has 70 valence electrons. The highest BCUT2D eigenvalue weighted by Gasteiger charge is 1.98. The van der Waals surface area contributed by atoms with Gasteiger partial charge in [-0.2, -0.15) is 0 Å². The Bertz CT molecular complexity index is 301. The maximum Gasteiger partial charge on any atom is 0.245 e. The second-order valence-electron chi connectivity index (χ2n) is 2.56. The number of halogens is 1. The molecular weight excluding hydrogens is 234 g/mol. The predicted molar refractivity (Wildman–Crippen MR) is 53.1 cm³/mol. The van der Waals surface area contributed by atoms with E-state index in [9.17, 15) is 4.79 Å². The third kappa shape index (κ3) is 3.57. The molecule has 1 aromatic rings. The van der Waals surface area contributed by atoms with Gasteiger partial charge in [-0.1, -0.05) is 28.1 Å². The lowest BCUT2D eigenvalue weighted by Crippen LogP contribution is -2.25. The van der Waals surface area contributed by atoms with Crippen LogP contribution in [-0.2, 0) is 11.3 Å². The Balaban J connectivity index is 2.50. The van der Waals surface area contributed by atoms with Crippen LogP contribution in [0, 0.1) is 0 Å². The number of aliphatic hydroxyl groups excluding tert-OH is 1. The highest BCUT2D eigenvalue weighted by Crippen LogP contribution is 2.10. The zero-order valence-corrected chi connectivity index (χ0v) is 8.54. The van der Waals surface area contributed by atoms with Crippen LogP contribution in [0.3, 0.4) is 0 Å². The standard InChI is InChI=1S/C9H10BrNO2/c10-8-3-1-2-7(4-8)5-11-9(13)6-12/h1-4,12H,5-6H2,(H,11,13). The second kappa shape index (κ2) is 4.99. The fourth-order valence-electron chi connectivity index (χ4n) is 0.903. The van der Waals surface area contributed by atoms with Crippen LogP contribution >= 0.6 is 15.9 Å². The van der Waals surface area contributed by atoms with Gasteiger partial charge < -0.3 is 10.4 Å². The zero-order chi connectivity index (χ0) is 9.68. The van der Waals surface area contributed by atoms with Crippen molar-refractivity contribution < 1.29 is 9.90 Å². The molecule has 0 radical (unpaired) electrons. The van der Waals surface area contributed by atoms with Gasteiger partial charge >= 0.3 is 0 Å². The molecule has 0 aliphatic carbocycles. The van der Waals surface area contributed by atoms with Crippen LogP contribution in [0.5, 0.6) is 0 Å². The van der Waals surface area contributed by atoms with Crippen LogP contribution in [0.4, 0.5) is 0 Å². The van der Waals surface area contributed by atoms with Crippen molar-refractivity contribution in [1.29, 1.82) is 0 Å². The number of aliphatic hydroxyl groups is 1. The van der Waals surface area contributed by atoms with Crippen LogP contribution in [-0.4, -0.2) is 17.6 Å². The van der Waals surface area contributed by atoms with Crippen molar-refractivity contribution in [2.45, 2.75) is 6.54 Å². The number of hydrogen-bond acceptors (Lipinski definition) is 2. The van der Waals surface area contributed by atoms with Crippen LogP contribution in [0.2, 0.25) is 0 Å². The van der Waals surface area contributed by atoms with Gasteiger partial charge in [0.2, 0.25) is 5.91 Å². The van der Waals surface area contributed by atoms with E-state index in [2.05, 4.69) is 21.2 Å². The molecule has 13 heavy (non-hydrogen) atoms. The minimum atomic E-state index is -0.464.